The summed E-state index contributed by atoms with van der Waals surface area (Å²) in [5.74, 6) is 0.636. The number of carbonyl (C=O) groups excluding carboxylic acids is 1. The molecule has 0 aliphatic heterocycles. The van der Waals surface area contributed by atoms with Gasteiger partial charge in [-0.05, 0) is 33.8 Å². The zero-order valence-electron chi connectivity index (χ0n) is 15.0. The number of fused-ring (bicyclic) bond motifs is 1. The quantitative estimate of drug-likeness (QED) is 0.573. The molecule has 3 rings (SSSR count). The molecule has 2 aromatic heterocycles. The lowest BCUT2D eigenvalue weighted by molar-refractivity contribution is -0.115. The van der Waals surface area contributed by atoms with Crippen LogP contribution in [0, 0.1) is 20.8 Å². The molecule has 2 heterocycles. The summed E-state index contributed by atoms with van der Waals surface area (Å²) in [7, 11) is 1.87. The van der Waals surface area contributed by atoms with Gasteiger partial charge in [-0.15, -0.1) is 0 Å². The van der Waals surface area contributed by atoms with E-state index in [0.717, 1.165) is 33.0 Å². The summed E-state index contributed by atoms with van der Waals surface area (Å²) >= 11 is 1.44. The van der Waals surface area contributed by atoms with Crippen molar-refractivity contribution >= 4 is 34.3 Å². The van der Waals surface area contributed by atoms with E-state index in [1.165, 1.54) is 11.8 Å². The Labute approximate surface area is 151 Å². The molecule has 3 aromatic rings. The SMILES string of the molecule is Cc1nc(S[C@H](C)C(=O)Nc2c(C)nn(C)c2C)c2ccccc2n1. The minimum absolute atomic E-state index is 0.0652. The van der Waals surface area contributed by atoms with E-state index in [1.54, 1.807) is 4.68 Å². The van der Waals surface area contributed by atoms with Gasteiger partial charge in [-0.2, -0.15) is 5.10 Å². The van der Waals surface area contributed by atoms with Crippen molar-refractivity contribution in [2.24, 2.45) is 7.05 Å². The van der Waals surface area contributed by atoms with Gasteiger partial charge in [0.15, 0.2) is 0 Å². The van der Waals surface area contributed by atoms with Gasteiger partial charge in [0.25, 0.3) is 0 Å². The van der Waals surface area contributed by atoms with Crippen LogP contribution in [-0.4, -0.2) is 30.9 Å². The lowest BCUT2D eigenvalue weighted by atomic mass is 10.2. The van der Waals surface area contributed by atoms with Crippen LogP contribution >= 0.6 is 11.8 Å². The summed E-state index contributed by atoms with van der Waals surface area (Å²) in [6.45, 7) is 7.58. The lowest BCUT2D eigenvalue weighted by Crippen LogP contribution is -2.23. The molecule has 0 saturated carbocycles. The van der Waals surface area contributed by atoms with Crippen molar-refractivity contribution in [2.45, 2.75) is 38.0 Å². The van der Waals surface area contributed by atoms with Crippen molar-refractivity contribution in [3.05, 3.63) is 41.5 Å². The smallest absolute Gasteiger partial charge is 0.237 e. The fraction of sp³-hybridized carbons (Fsp3) is 0.333. The molecule has 0 aliphatic carbocycles. The highest BCUT2D eigenvalue weighted by Crippen LogP contribution is 2.29. The second-order valence-corrected chi connectivity index (χ2v) is 7.34. The summed E-state index contributed by atoms with van der Waals surface area (Å²) in [6, 6.07) is 7.85. The summed E-state index contributed by atoms with van der Waals surface area (Å²) < 4.78 is 1.77. The van der Waals surface area contributed by atoms with Crippen molar-refractivity contribution in [3.63, 3.8) is 0 Å². The molecule has 0 unspecified atom stereocenters. The predicted octanol–water partition coefficient (Wildman–Crippen LogP) is 3.41. The molecule has 0 bridgehead atoms. The normalized spacial score (nSPS) is 12.4. The van der Waals surface area contributed by atoms with Crippen LogP contribution in [0.1, 0.15) is 24.1 Å². The van der Waals surface area contributed by atoms with Gasteiger partial charge in [0.05, 0.1) is 27.8 Å². The maximum absolute atomic E-state index is 12.6. The van der Waals surface area contributed by atoms with E-state index < -0.39 is 0 Å². The van der Waals surface area contributed by atoms with Gasteiger partial charge in [-0.1, -0.05) is 30.0 Å². The summed E-state index contributed by atoms with van der Waals surface area (Å²) in [4.78, 5) is 21.6. The van der Waals surface area contributed by atoms with Crippen LogP contribution in [0.25, 0.3) is 10.9 Å². The highest BCUT2D eigenvalue weighted by atomic mass is 32.2. The number of para-hydroxylation sites is 1. The van der Waals surface area contributed by atoms with Crippen molar-refractivity contribution in [1.82, 2.24) is 19.7 Å². The highest BCUT2D eigenvalue weighted by Gasteiger charge is 2.20. The number of anilines is 1. The van der Waals surface area contributed by atoms with Crippen LogP contribution in [-0.2, 0) is 11.8 Å². The molecular weight excluding hydrogens is 334 g/mol. The number of nitrogens with zero attached hydrogens (tertiary/aromatic N) is 4. The van der Waals surface area contributed by atoms with Gasteiger partial charge in [-0.25, -0.2) is 9.97 Å². The molecule has 1 N–H and O–H groups in total. The number of hydrogen-bond acceptors (Lipinski definition) is 5. The first kappa shape index (κ1) is 17.4. The minimum atomic E-state index is -0.295. The molecule has 130 valence electrons. The van der Waals surface area contributed by atoms with Crippen LogP contribution in [0.4, 0.5) is 5.69 Å². The fourth-order valence-corrected chi connectivity index (χ4v) is 3.63. The third-order valence-corrected chi connectivity index (χ3v) is 5.20. The van der Waals surface area contributed by atoms with Crippen molar-refractivity contribution in [3.8, 4) is 0 Å². The third kappa shape index (κ3) is 3.51. The van der Waals surface area contributed by atoms with Gasteiger partial charge in [0, 0.05) is 12.4 Å². The molecular formula is C18H21N5OS. The van der Waals surface area contributed by atoms with Crippen LogP contribution in [0.2, 0.25) is 0 Å². The monoisotopic (exact) mass is 355 g/mol. The molecule has 1 aromatic carbocycles. The van der Waals surface area contributed by atoms with Gasteiger partial charge < -0.3 is 5.32 Å². The van der Waals surface area contributed by atoms with Gasteiger partial charge in [-0.3, -0.25) is 9.48 Å². The summed E-state index contributed by atoms with van der Waals surface area (Å²) in [6.07, 6.45) is 0. The molecule has 0 aliphatic rings. The van der Waals surface area contributed by atoms with Gasteiger partial charge in [0.1, 0.15) is 10.9 Å². The maximum Gasteiger partial charge on any atom is 0.237 e. The van der Waals surface area contributed by atoms with Crippen molar-refractivity contribution < 1.29 is 4.79 Å². The average Bonchev–Trinajstić information content (AvgIpc) is 2.80. The summed E-state index contributed by atoms with van der Waals surface area (Å²) in [5, 5.41) is 8.82. The van der Waals surface area contributed by atoms with Crippen molar-refractivity contribution in [2.75, 3.05) is 5.32 Å². The molecule has 1 amide bonds. The first-order valence-corrected chi connectivity index (χ1v) is 8.96. The van der Waals surface area contributed by atoms with Crippen molar-refractivity contribution in [1.29, 1.82) is 0 Å². The van der Waals surface area contributed by atoms with Gasteiger partial charge in [0.2, 0.25) is 5.91 Å². The number of aromatic nitrogens is 4. The van der Waals surface area contributed by atoms with E-state index in [9.17, 15) is 4.79 Å². The number of amides is 1. The number of thioether (sulfide) groups is 1. The molecule has 1 atom stereocenters. The fourth-order valence-electron chi connectivity index (χ4n) is 2.65. The number of benzene rings is 1. The van der Waals surface area contributed by atoms with E-state index in [4.69, 9.17) is 0 Å². The van der Waals surface area contributed by atoms with E-state index >= 15 is 0 Å². The van der Waals surface area contributed by atoms with E-state index in [-0.39, 0.29) is 11.2 Å². The molecule has 25 heavy (non-hydrogen) atoms. The van der Waals surface area contributed by atoms with Gasteiger partial charge >= 0.3 is 0 Å². The molecule has 7 heteroatoms. The van der Waals surface area contributed by atoms with Crippen LogP contribution < -0.4 is 5.32 Å². The molecule has 0 saturated heterocycles. The van der Waals surface area contributed by atoms with E-state index in [0.29, 0.717) is 5.82 Å². The Morgan fingerprint density at radius 2 is 1.92 bits per heavy atom. The number of hydrogen-bond donors (Lipinski definition) is 1. The average molecular weight is 355 g/mol. The minimum Gasteiger partial charge on any atom is -0.322 e. The molecule has 0 spiro atoms. The maximum atomic E-state index is 12.6. The Kier molecular flexibility index (Phi) is 4.76. The zero-order valence-corrected chi connectivity index (χ0v) is 15.8. The zero-order chi connectivity index (χ0) is 18.1. The first-order chi connectivity index (χ1) is 11.9. The number of rotatable bonds is 4. The van der Waals surface area contributed by atoms with Crippen LogP contribution in [0.5, 0.6) is 0 Å². The molecule has 0 fully saturated rings. The Morgan fingerprint density at radius 1 is 1.20 bits per heavy atom. The highest BCUT2D eigenvalue weighted by molar-refractivity contribution is 8.00. The molecule has 6 nitrogen and oxygen atoms in total. The number of aryl methyl sites for hydroxylation is 3. The summed E-state index contributed by atoms with van der Waals surface area (Å²) in [5.41, 5.74) is 3.42. The second kappa shape index (κ2) is 6.84. The Hall–Kier alpha value is -2.41. The third-order valence-electron chi connectivity index (χ3n) is 4.09. The first-order valence-electron chi connectivity index (χ1n) is 8.08. The number of nitrogens with one attached hydrogen (secondary N) is 1. The second-order valence-electron chi connectivity index (χ2n) is 6.01. The standard InChI is InChI=1S/C18H21N5OS/c1-10-16(11(2)23(5)22-10)21-17(24)12(3)25-18-14-8-6-7-9-15(14)19-13(4)20-18/h6-9,12H,1-5H3,(H,21,24)/t12-/m1/s1. The Morgan fingerprint density at radius 3 is 2.60 bits per heavy atom. The van der Waals surface area contributed by atoms with Crippen LogP contribution in [0.3, 0.4) is 0 Å². The lowest BCUT2D eigenvalue weighted by Gasteiger charge is -2.13. The topological polar surface area (TPSA) is 72.7 Å². The predicted molar refractivity (Wildman–Crippen MR) is 101 cm³/mol. The molecule has 0 radical (unpaired) electrons. The number of carbonyl (C=O) groups is 1. The van der Waals surface area contributed by atoms with E-state index in [1.807, 2.05) is 59.0 Å². The Balaban J connectivity index is 1.82. The largest absolute Gasteiger partial charge is 0.322 e. The van der Waals surface area contributed by atoms with Crippen LogP contribution in [0.15, 0.2) is 29.3 Å². The van der Waals surface area contributed by atoms with E-state index in [2.05, 4.69) is 20.4 Å². The Bertz CT molecular complexity index is 950.